The fourth-order valence-corrected chi connectivity index (χ4v) is 2.42. The lowest BCUT2D eigenvalue weighted by molar-refractivity contribution is -0.121. The molecule has 0 spiro atoms. The molecular formula is C17H18ClNO2. The maximum absolute atomic E-state index is 12.2. The number of carbonyl (C=O) groups is 1. The van der Waals surface area contributed by atoms with Gasteiger partial charge in [0.15, 0.2) is 0 Å². The number of alkyl halides is 1. The van der Waals surface area contributed by atoms with Crippen LogP contribution in [0.5, 0.6) is 5.75 Å². The van der Waals surface area contributed by atoms with Gasteiger partial charge in [-0.15, -0.1) is 11.6 Å². The van der Waals surface area contributed by atoms with Crippen molar-refractivity contribution in [2.75, 3.05) is 13.0 Å². The average Bonchev–Trinajstić information content (AvgIpc) is 2.54. The third-order valence-corrected chi connectivity index (χ3v) is 3.54. The number of rotatable bonds is 6. The summed E-state index contributed by atoms with van der Waals surface area (Å²) in [5.74, 6) is 0.977. The number of halogens is 1. The van der Waals surface area contributed by atoms with Gasteiger partial charge in [-0.3, -0.25) is 4.79 Å². The highest BCUT2D eigenvalue weighted by atomic mass is 35.5. The normalized spacial score (nSPS) is 11.7. The van der Waals surface area contributed by atoms with Crippen LogP contribution in [-0.2, 0) is 11.2 Å². The van der Waals surface area contributed by atoms with Gasteiger partial charge in [-0.25, -0.2) is 0 Å². The van der Waals surface area contributed by atoms with Crippen LogP contribution in [0.15, 0.2) is 54.6 Å². The van der Waals surface area contributed by atoms with Crippen molar-refractivity contribution < 1.29 is 9.53 Å². The third-order valence-electron chi connectivity index (χ3n) is 3.23. The Morgan fingerprint density at radius 2 is 1.81 bits per heavy atom. The summed E-state index contributed by atoms with van der Waals surface area (Å²) in [7, 11) is 1.60. The standard InChI is InChI=1S/C17H18ClNO2/c1-21-16-10-6-5-9-14(16)11-17(20)19-15(12-18)13-7-3-2-4-8-13/h2-10,15H,11-12H2,1H3,(H,19,20). The number of nitrogens with one attached hydrogen (secondary N) is 1. The summed E-state index contributed by atoms with van der Waals surface area (Å²) in [5.41, 5.74) is 1.86. The Balaban J connectivity index is 2.03. The van der Waals surface area contributed by atoms with Crippen LogP contribution in [-0.4, -0.2) is 18.9 Å². The second-order valence-electron chi connectivity index (χ2n) is 4.67. The van der Waals surface area contributed by atoms with Crippen LogP contribution in [0.4, 0.5) is 0 Å². The van der Waals surface area contributed by atoms with Gasteiger partial charge in [0.05, 0.1) is 19.6 Å². The van der Waals surface area contributed by atoms with Crippen molar-refractivity contribution in [1.82, 2.24) is 5.32 Å². The fourth-order valence-electron chi connectivity index (χ4n) is 2.16. The number of benzene rings is 2. The van der Waals surface area contributed by atoms with Gasteiger partial charge in [-0.05, 0) is 11.6 Å². The zero-order valence-corrected chi connectivity index (χ0v) is 12.6. The molecule has 0 aliphatic rings. The van der Waals surface area contributed by atoms with Gasteiger partial charge < -0.3 is 10.1 Å². The molecule has 0 bridgehead atoms. The van der Waals surface area contributed by atoms with E-state index in [-0.39, 0.29) is 18.4 Å². The van der Waals surface area contributed by atoms with Gasteiger partial charge in [-0.1, -0.05) is 48.5 Å². The molecule has 4 heteroatoms. The van der Waals surface area contributed by atoms with E-state index in [0.29, 0.717) is 5.88 Å². The third kappa shape index (κ3) is 4.23. The number of carbonyl (C=O) groups excluding carboxylic acids is 1. The zero-order valence-electron chi connectivity index (χ0n) is 11.9. The van der Waals surface area contributed by atoms with Gasteiger partial charge >= 0.3 is 0 Å². The van der Waals surface area contributed by atoms with Crippen LogP contribution in [0.2, 0.25) is 0 Å². The summed E-state index contributed by atoms with van der Waals surface area (Å²) in [4.78, 5) is 12.2. The first-order valence-corrected chi connectivity index (χ1v) is 7.30. The van der Waals surface area contributed by atoms with Gasteiger partial charge in [0.1, 0.15) is 5.75 Å². The summed E-state index contributed by atoms with van der Waals surface area (Å²) in [6.45, 7) is 0. The first-order valence-electron chi connectivity index (χ1n) is 6.76. The molecule has 0 aliphatic heterocycles. The zero-order chi connectivity index (χ0) is 15.1. The number of hydrogen-bond acceptors (Lipinski definition) is 2. The molecule has 0 saturated heterocycles. The molecule has 0 radical (unpaired) electrons. The Morgan fingerprint density at radius 3 is 2.48 bits per heavy atom. The molecule has 0 aromatic heterocycles. The predicted molar refractivity (Wildman–Crippen MR) is 84.7 cm³/mol. The molecule has 21 heavy (non-hydrogen) atoms. The van der Waals surface area contributed by atoms with Gasteiger partial charge in [0.2, 0.25) is 5.91 Å². The van der Waals surface area contributed by atoms with Crippen molar-refractivity contribution in [2.24, 2.45) is 0 Å². The Hall–Kier alpha value is -2.00. The molecular weight excluding hydrogens is 286 g/mol. The minimum Gasteiger partial charge on any atom is -0.496 e. The van der Waals surface area contributed by atoms with Gasteiger partial charge in [0.25, 0.3) is 0 Å². The highest BCUT2D eigenvalue weighted by Gasteiger charge is 2.14. The molecule has 2 rings (SSSR count). The molecule has 2 aromatic rings. The Bertz CT molecular complexity index is 586. The van der Waals surface area contributed by atoms with E-state index >= 15 is 0 Å². The quantitative estimate of drug-likeness (QED) is 0.831. The molecule has 0 saturated carbocycles. The topological polar surface area (TPSA) is 38.3 Å². The van der Waals surface area contributed by atoms with E-state index in [4.69, 9.17) is 16.3 Å². The van der Waals surface area contributed by atoms with E-state index in [1.807, 2.05) is 54.6 Å². The predicted octanol–water partition coefficient (Wildman–Crippen LogP) is 3.33. The van der Waals surface area contributed by atoms with E-state index in [0.717, 1.165) is 16.9 Å². The van der Waals surface area contributed by atoms with Crippen LogP contribution in [0.1, 0.15) is 17.2 Å². The summed E-state index contributed by atoms with van der Waals surface area (Å²) in [6, 6.07) is 17.0. The highest BCUT2D eigenvalue weighted by Crippen LogP contribution is 2.19. The molecule has 1 atom stereocenters. The number of hydrogen-bond donors (Lipinski definition) is 1. The molecule has 0 aliphatic carbocycles. The average molecular weight is 304 g/mol. The lowest BCUT2D eigenvalue weighted by atomic mass is 10.1. The fraction of sp³-hybridized carbons (Fsp3) is 0.235. The van der Waals surface area contributed by atoms with Crippen molar-refractivity contribution in [3.05, 3.63) is 65.7 Å². The second kappa shape index (κ2) is 7.70. The number of methoxy groups -OCH3 is 1. The van der Waals surface area contributed by atoms with Crippen LogP contribution in [0, 0.1) is 0 Å². The number of ether oxygens (including phenoxy) is 1. The summed E-state index contributed by atoms with van der Waals surface area (Å²) in [5, 5.41) is 2.96. The van der Waals surface area contributed by atoms with E-state index in [9.17, 15) is 4.79 Å². The molecule has 1 N–H and O–H groups in total. The SMILES string of the molecule is COc1ccccc1CC(=O)NC(CCl)c1ccccc1. The van der Waals surface area contributed by atoms with E-state index < -0.39 is 0 Å². The van der Waals surface area contributed by atoms with Crippen molar-refractivity contribution in [2.45, 2.75) is 12.5 Å². The van der Waals surface area contributed by atoms with E-state index in [1.165, 1.54) is 0 Å². The monoisotopic (exact) mass is 303 g/mol. The van der Waals surface area contributed by atoms with Crippen molar-refractivity contribution in [1.29, 1.82) is 0 Å². The summed E-state index contributed by atoms with van der Waals surface area (Å²) >= 11 is 5.97. The highest BCUT2D eigenvalue weighted by molar-refractivity contribution is 6.18. The first kappa shape index (κ1) is 15.4. The first-order chi connectivity index (χ1) is 10.2. The van der Waals surface area contributed by atoms with Gasteiger partial charge in [-0.2, -0.15) is 0 Å². The largest absolute Gasteiger partial charge is 0.496 e. The summed E-state index contributed by atoms with van der Waals surface area (Å²) in [6.07, 6.45) is 0.268. The van der Waals surface area contributed by atoms with E-state index in [2.05, 4.69) is 5.32 Å². The second-order valence-corrected chi connectivity index (χ2v) is 4.98. The van der Waals surface area contributed by atoms with Crippen molar-refractivity contribution >= 4 is 17.5 Å². The Kier molecular flexibility index (Phi) is 5.64. The molecule has 1 amide bonds. The van der Waals surface area contributed by atoms with Crippen molar-refractivity contribution in [3.8, 4) is 5.75 Å². The Labute approximate surface area is 129 Å². The summed E-state index contributed by atoms with van der Waals surface area (Å²) < 4.78 is 5.26. The van der Waals surface area contributed by atoms with Crippen LogP contribution < -0.4 is 10.1 Å². The minimum atomic E-state index is -0.185. The molecule has 0 heterocycles. The molecule has 0 fully saturated rings. The lowest BCUT2D eigenvalue weighted by Crippen LogP contribution is -2.30. The molecule has 110 valence electrons. The number of para-hydroxylation sites is 1. The number of amides is 1. The molecule has 1 unspecified atom stereocenters. The molecule has 3 nitrogen and oxygen atoms in total. The van der Waals surface area contributed by atoms with E-state index in [1.54, 1.807) is 7.11 Å². The van der Waals surface area contributed by atoms with Crippen LogP contribution in [0.3, 0.4) is 0 Å². The smallest absolute Gasteiger partial charge is 0.225 e. The Morgan fingerprint density at radius 1 is 1.14 bits per heavy atom. The van der Waals surface area contributed by atoms with Crippen LogP contribution >= 0.6 is 11.6 Å². The maximum atomic E-state index is 12.2. The van der Waals surface area contributed by atoms with Crippen molar-refractivity contribution in [3.63, 3.8) is 0 Å². The molecule has 2 aromatic carbocycles. The van der Waals surface area contributed by atoms with Crippen LogP contribution in [0.25, 0.3) is 0 Å². The maximum Gasteiger partial charge on any atom is 0.225 e. The van der Waals surface area contributed by atoms with Gasteiger partial charge in [0, 0.05) is 11.4 Å². The lowest BCUT2D eigenvalue weighted by Gasteiger charge is -2.17. The minimum absolute atomic E-state index is 0.0750.